The van der Waals surface area contributed by atoms with Crippen LogP contribution in [0.25, 0.3) is 0 Å². The topological polar surface area (TPSA) is 35.2 Å². The Bertz CT molecular complexity index is 263. The van der Waals surface area contributed by atoms with Gasteiger partial charge >= 0.3 is 0 Å². The van der Waals surface area contributed by atoms with Gasteiger partial charge in [-0.25, -0.2) is 0 Å². The van der Waals surface area contributed by atoms with E-state index < -0.39 is 0 Å². The Labute approximate surface area is 80.8 Å². The average molecular weight is 230 g/mol. The van der Waals surface area contributed by atoms with Gasteiger partial charge in [0.15, 0.2) is 0 Å². The van der Waals surface area contributed by atoms with E-state index >= 15 is 0 Å². The minimum absolute atomic E-state index is 0.672. The Kier molecular flexibility index (Phi) is 3.41. The zero-order chi connectivity index (χ0) is 8.97. The van der Waals surface area contributed by atoms with E-state index in [0.717, 1.165) is 16.6 Å². The van der Waals surface area contributed by atoms with E-state index in [9.17, 15) is 0 Å². The molecule has 0 bridgehead atoms. The maximum atomic E-state index is 5.75. The molecular weight excluding hydrogens is 218 g/mol. The molecule has 0 saturated heterocycles. The monoisotopic (exact) mass is 229 g/mol. The lowest BCUT2D eigenvalue weighted by molar-refractivity contribution is 0.319. The Balaban J connectivity index is 2.78. The molecule has 0 spiro atoms. The minimum Gasteiger partial charge on any atom is -0.491 e. The van der Waals surface area contributed by atoms with Crippen LogP contribution in [0.1, 0.15) is 13.3 Å². The Hall–Kier alpha value is -0.700. The molecule has 1 aromatic carbocycles. The molecule has 0 aliphatic heterocycles. The molecule has 3 heteroatoms. The van der Waals surface area contributed by atoms with Crippen molar-refractivity contribution in [1.82, 2.24) is 0 Å². The van der Waals surface area contributed by atoms with Crippen molar-refractivity contribution in [2.24, 2.45) is 0 Å². The number of nitrogen functional groups attached to an aromatic ring is 1. The van der Waals surface area contributed by atoms with Crippen molar-refractivity contribution in [3.05, 3.63) is 22.7 Å². The van der Waals surface area contributed by atoms with Crippen molar-refractivity contribution in [2.75, 3.05) is 12.3 Å². The predicted molar refractivity (Wildman–Crippen MR) is 54.3 cm³/mol. The summed E-state index contributed by atoms with van der Waals surface area (Å²) in [6.45, 7) is 2.77. The summed E-state index contributed by atoms with van der Waals surface area (Å²) in [4.78, 5) is 0. The minimum atomic E-state index is 0.672. The summed E-state index contributed by atoms with van der Waals surface area (Å²) < 4.78 is 6.30. The van der Waals surface area contributed by atoms with Gasteiger partial charge in [-0.2, -0.15) is 0 Å². The molecule has 0 saturated carbocycles. The quantitative estimate of drug-likeness (QED) is 0.810. The van der Waals surface area contributed by atoms with E-state index in [-0.39, 0.29) is 0 Å². The Morgan fingerprint density at radius 1 is 1.50 bits per heavy atom. The van der Waals surface area contributed by atoms with Crippen LogP contribution in [0.4, 0.5) is 5.69 Å². The van der Waals surface area contributed by atoms with Crippen LogP contribution in [0.5, 0.6) is 5.75 Å². The third-order valence-corrected chi connectivity index (χ3v) is 2.17. The molecular formula is C9H12BrNO. The van der Waals surface area contributed by atoms with E-state index in [1.807, 2.05) is 18.2 Å². The van der Waals surface area contributed by atoms with Crippen LogP contribution in [0, 0.1) is 0 Å². The van der Waals surface area contributed by atoms with Crippen molar-refractivity contribution < 1.29 is 4.74 Å². The second-order valence-electron chi connectivity index (χ2n) is 2.50. The highest BCUT2D eigenvalue weighted by atomic mass is 79.9. The maximum absolute atomic E-state index is 5.75. The van der Waals surface area contributed by atoms with Crippen molar-refractivity contribution in [3.8, 4) is 5.75 Å². The molecule has 1 aromatic rings. The zero-order valence-corrected chi connectivity index (χ0v) is 8.60. The number of para-hydroxylation sites is 1. The molecule has 0 aromatic heterocycles. The molecule has 0 unspecified atom stereocenters. The summed E-state index contributed by atoms with van der Waals surface area (Å²) in [5, 5.41) is 0. The average Bonchev–Trinajstić information content (AvgIpc) is 2.08. The summed E-state index contributed by atoms with van der Waals surface area (Å²) >= 11 is 3.33. The van der Waals surface area contributed by atoms with Gasteiger partial charge in [-0.05, 0) is 34.5 Å². The molecule has 1 rings (SSSR count). The molecule has 12 heavy (non-hydrogen) atoms. The van der Waals surface area contributed by atoms with Gasteiger partial charge in [-0.3, -0.25) is 0 Å². The maximum Gasteiger partial charge on any atom is 0.143 e. The fourth-order valence-electron chi connectivity index (χ4n) is 0.855. The number of hydrogen-bond acceptors (Lipinski definition) is 2. The lowest BCUT2D eigenvalue weighted by Crippen LogP contribution is -1.99. The van der Waals surface area contributed by atoms with E-state index in [4.69, 9.17) is 10.5 Å². The van der Waals surface area contributed by atoms with Crippen LogP contribution in [0.3, 0.4) is 0 Å². The van der Waals surface area contributed by atoms with Crippen LogP contribution >= 0.6 is 15.9 Å². The van der Waals surface area contributed by atoms with E-state index in [0.29, 0.717) is 12.3 Å². The van der Waals surface area contributed by atoms with Crippen LogP contribution in [-0.2, 0) is 0 Å². The van der Waals surface area contributed by atoms with Crippen molar-refractivity contribution >= 4 is 21.6 Å². The number of ether oxygens (including phenoxy) is 1. The number of hydrogen-bond donors (Lipinski definition) is 1. The Morgan fingerprint density at radius 3 is 2.92 bits per heavy atom. The lowest BCUT2D eigenvalue weighted by Gasteiger charge is -2.08. The summed E-state index contributed by atoms with van der Waals surface area (Å²) in [7, 11) is 0. The van der Waals surface area contributed by atoms with Crippen LogP contribution < -0.4 is 10.5 Å². The Morgan fingerprint density at radius 2 is 2.25 bits per heavy atom. The summed E-state index contributed by atoms with van der Waals surface area (Å²) in [5.74, 6) is 0.756. The molecule has 2 N–H and O–H groups in total. The highest BCUT2D eigenvalue weighted by Crippen LogP contribution is 2.29. The summed E-state index contributed by atoms with van der Waals surface area (Å²) in [5.41, 5.74) is 6.42. The van der Waals surface area contributed by atoms with Crippen molar-refractivity contribution in [2.45, 2.75) is 13.3 Å². The second kappa shape index (κ2) is 4.36. The molecule has 0 aliphatic carbocycles. The van der Waals surface area contributed by atoms with Crippen LogP contribution in [0.15, 0.2) is 22.7 Å². The number of benzene rings is 1. The fourth-order valence-corrected chi connectivity index (χ4v) is 1.20. The van der Waals surface area contributed by atoms with Gasteiger partial charge in [0, 0.05) is 4.47 Å². The van der Waals surface area contributed by atoms with Crippen molar-refractivity contribution in [1.29, 1.82) is 0 Å². The van der Waals surface area contributed by atoms with E-state index in [1.165, 1.54) is 0 Å². The molecule has 0 fully saturated rings. The van der Waals surface area contributed by atoms with Gasteiger partial charge in [-0.15, -0.1) is 0 Å². The first-order valence-electron chi connectivity index (χ1n) is 3.92. The summed E-state index contributed by atoms with van der Waals surface area (Å²) in [6, 6.07) is 5.68. The second-order valence-corrected chi connectivity index (χ2v) is 3.35. The number of anilines is 1. The normalized spacial score (nSPS) is 9.83. The molecule has 0 aliphatic rings. The number of rotatable bonds is 3. The van der Waals surface area contributed by atoms with Crippen molar-refractivity contribution in [3.63, 3.8) is 0 Å². The van der Waals surface area contributed by atoms with Gasteiger partial charge < -0.3 is 10.5 Å². The first-order valence-corrected chi connectivity index (χ1v) is 4.71. The smallest absolute Gasteiger partial charge is 0.143 e. The fraction of sp³-hybridized carbons (Fsp3) is 0.333. The van der Waals surface area contributed by atoms with Crippen LogP contribution in [-0.4, -0.2) is 6.61 Å². The number of nitrogens with two attached hydrogens (primary N) is 1. The first kappa shape index (κ1) is 9.39. The van der Waals surface area contributed by atoms with Gasteiger partial charge in [-0.1, -0.05) is 13.0 Å². The van der Waals surface area contributed by atoms with Gasteiger partial charge in [0.25, 0.3) is 0 Å². The highest BCUT2D eigenvalue weighted by molar-refractivity contribution is 9.10. The summed E-state index contributed by atoms with van der Waals surface area (Å²) in [6.07, 6.45) is 0.992. The van der Waals surface area contributed by atoms with Gasteiger partial charge in [0.2, 0.25) is 0 Å². The molecule has 2 nitrogen and oxygen atoms in total. The molecule has 0 amide bonds. The standard InChI is InChI=1S/C9H12BrNO/c1-2-6-12-8-5-3-4-7(10)9(8)11/h3-5H,2,6,11H2,1H3. The zero-order valence-electron chi connectivity index (χ0n) is 7.01. The van der Waals surface area contributed by atoms with Gasteiger partial charge in [0.05, 0.1) is 12.3 Å². The molecule has 0 heterocycles. The largest absolute Gasteiger partial charge is 0.491 e. The van der Waals surface area contributed by atoms with E-state index in [2.05, 4.69) is 22.9 Å². The van der Waals surface area contributed by atoms with Gasteiger partial charge in [0.1, 0.15) is 5.75 Å². The highest BCUT2D eigenvalue weighted by Gasteiger charge is 2.01. The molecule has 66 valence electrons. The third-order valence-electron chi connectivity index (χ3n) is 1.47. The number of halogens is 1. The predicted octanol–water partition coefficient (Wildman–Crippen LogP) is 2.82. The molecule has 0 radical (unpaired) electrons. The lowest BCUT2D eigenvalue weighted by atomic mass is 10.3. The SMILES string of the molecule is CCCOc1cccc(Br)c1N. The van der Waals surface area contributed by atoms with Crippen LogP contribution in [0.2, 0.25) is 0 Å². The third kappa shape index (κ3) is 2.14. The first-order chi connectivity index (χ1) is 5.75. The van der Waals surface area contributed by atoms with E-state index in [1.54, 1.807) is 0 Å². The molecule has 0 atom stereocenters.